The fourth-order valence-electron chi connectivity index (χ4n) is 2.10. The molecule has 1 aromatic carbocycles. The number of fused-ring (bicyclic) bond motifs is 1. The third-order valence-corrected chi connectivity index (χ3v) is 3.20. The third kappa shape index (κ3) is 1.35. The molecule has 1 aromatic heterocycles. The summed E-state index contributed by atoms with van der Waals surface area (Å²) in [7, 11) is 1.63. The van der Waals surface area contributed by atoms with Crippen molar-refractivity contribution in [3.05, 3.63) is 46.1 Å². The number of pyridine rings is 1. The topological polar surface area (TPSA) is 22.0 Å². The quantitative estimate of drug-likeness (QED) is 0.719. The van der Waals surface area contributed by atoms with Gasteiger partial charge in [0.05, 0.1) is 5.39 Å². The summed E-state index contributed by atoms with van der Waals surface area (Å²) in [6, 6.07) is 5.25. The Balaban J connectivity index is 2.36. The summed E-state index contributed by atoms with van der Waals surface area (Å²) in [4.78, 5) is 11.8. The minimum atomic E-state index is -0.388. The number of benzene rings is 1. The summed E-state index contributed by atoms with van der Waals surface area (Å²) in [5, 5.41) is 0.916. The average molecular weight is 217 g/mol. The molecule has 1 fully saturated rings. The van der Waals surface area contributed by atoms with Crippen LogP contribution in [0.4, 0.5) is 4.39 Å². The van der Waals surface area contributed by atoms with Crippen LogP contribution in [0, 0.1) is 5.82 Å². The lowest BCUT2D eigenvalue weighted by Gasteiger charge is -2.05. The Hall–Kier alpha value is -1.64. The third-order valence-electron chi connectivity index (χ3n) is 3.20. The first-order valence-corrected chi connectivity index (χ1v) is 5.45. The molecule has 1 saturated carbocycles. The van der Waals surface area contributed by atoms with Crippen LogP contribution in [0.15, 0.2) is 29.2 Å². The average Bonchev–Trinajstić information content (AvgIpc) is 3.06. The zero-order valence-corrected chi connectivity index (χ0v) is 9.03. The number of hydrogen-bond acceptors (Lipinski definition) is 1. The predicted molar refractivity (Wildman–Crippen MR) is 61.1 cm³/mol. The van der Waals surface area contributed by atoms with Crippen LogP contribution in [0.1, 0.15) is 24.3 Å². The Morgan fingerprint density at radius 2 is 2.12 bits per heavy atom. The second-order valence-corrected chi connectivity index (χ2v) is 4.47. The van der Waals surface area contributed by atoms with Crippen LogP contribution in [0.5, 0.6) is 0 Å². The molecule has 82 valence electrons. The van der Waals surface area contributed by atoms with Crippen molar-refractivity contribution in [1.82, 2.24) is 4.57 Å². The normalized spacial score (nSPS) is 15.6. The summed E-state index contributed by atoms with van der Waals surface area (Å²) in [5.41, 5.74) is 0.760. The standard InChI is InChI=1S/C13H12FNO/c1-15-5-4-9-6-10(8-2-3-8)7-11(14)12(9)13(15)16/h4-8H,2-3H2,1H3. The lowest BCUT2D eigenvalue weighted by Crippen LogP contribution is -2.16. The van der Waals surface area contributed by atoms with Crippen LogP contribution in [0.2, 0.25) is 0 Å². The van der Waals surface area contributed by atoms with E-state index in [1.165, 1.54) is 10.6 Å². The molecule has 0 aliphatic heterocycles. The second-order valence-electron chi connectivity index (χ2n) is 4.47. The largest absolute Gasteiger partial charge is 0.318 e. The van der Waals surface area contributed by atoms with Crippen molar-refractivity contribution in [3.8, 4) is 0 Å². The summed E-state index contributed by atoms with van der Waals surface area (Å²) >= 11 is 0. The van der Waals surface area contributed by atoms with Gasteiger partial charge in [-0.05, 0) is 41.8 Å². The Kier molecular flexibility index (Phi) is 1.90. The smallest absolute Gasteiger partial charge is 0.261 e. The summed E-state index contributed by atoms with van der Waals surface area (Å²) in [6.07, 6.45) is 3.95. The van der Waals surface area contributed by atoms with E-state index in [-0.39, 0.29) is 16.8 Å². The van der Waals surface area contributed by atoms with Crippen LogP contribution in [-0.4, -0.2) is 4.57 Å². The van der Waals surface area contributed by atoms with Crippen molar-refractivity contribution in [1.29, 1.82) is 0 Å². The van der Waals surface area contributed by atoms with Crippen LogP contribution < -0.4 is 5.56 Å². The number of aromatic nitrogens is 1. The van der Waals surface area contributed by atoms with Gasteiger partial charge in [0.2, 0.25) is 0 Å². The molecular formula is C13H12FNO. The Bertz CT molecular complexity index is 626. The fourth-order valence-corrected chi connectivity index (χ4v) is 2.10. The van der Waals surface area contributed by atoms with Gasteiger partial charge in [0.25, 0.3) is 5.56 Å². The van der Waals surface area contributed by atoms with Crippen LogP contribution in [-0.2, 0) is 7.05 Å². The molecule has 0 saturated heterocycles. The van der Waals surface area contributed by atoms with Crippen molar-refractivity contribution in [2.75, 3.05) is 0 Å². The van der Waals surface area contributed by atoms with Crippen LogP contribution in [0.25, 0.3) is 10.8 Å². The molecule has 0 amide bonds. The van der Waals surface area contributed by atoms with E-state index < -0.39 is 0 Å². The first-order valence-electron chi connectivity index (χ1n) is 5.45. The molecule has 0 atom stereocenters. The lowest BCUT2D eigenvalue weighted by atomic mass is 10.1. The highest BCUT2D eigenvalue weighted by Gasteiger charge is 2.24. The summed E-state index contributed by atoms with van der Waals surface area (Å²) in [6.45, 7) is 0. The first kappa shape index (κ1) is 9.58. The Labute approximate surface area is 92.3 Å². The van der Waals surface area contributed by atoms with Crippen molar-refractivity contribution in [2.24, 2.45) is 7.05 Å². The molecule has 1 aliphatic rings. The van der Waals surface area contributed by atoms with Crippen molar-refractivity contribution >= 4 is 10.8 Å². The van der Waals surface area contributed by atoms with E-state index in [0.29, 0.717) is 11.3 Å². The van der Waals surface area contributed by atoms with Gasteiger partial charge in [-0.2, -0.15) is 0 Å². The van der Waals surface area contributed by atoms with Gasteiger partial charge in [-0.15, -0.1) is 0 Å². The zero-order chi connectivity index (χ0) is 11.3. The van der Waals surface area contributed by atoms with Crippen LogP contribution >= 0.6 is 0 Å². The van der Waals surface area contributed by atoms with Crippen molar-refractivity contribution in [3.63, 3.8) is 0 Å². The molecule has 1 heterocycles. The van der Waals surface area contributed by atoms with Gasteiger partial charge in [0.1, 0.15) is 5.82 Å². The minimum Gasteiger partial charge on any atom is -0.318 e. The first-order chi connectivity index (χ1) is 7.66. The van der Waals surface area contributed by atoms with Crippen LogP contribution in [0.3, 0.4) is 0 Å². The highest BCUT2D eigenvalue weighted by molar-refractivity contribution is 5.83. The molecule has 0 unspecified atom stereocenters. The van der Waals surface area contributed by atoms with E-state index in [4.69, 9.17) is 0 Å². The summed E-state index contributed by atoms with van der Waals surface area (Å²) < 4.78 is 15.3. The molecule has 0 spiro atoms. The maximum atomic E-state index is 13.9. The zero-order valence-electron chi connectivity index (χ0n) is 9.03. The van der Waals surface area contributed by atoms with E-state index >= 15 is 0 Å². The number of hydrogen-bond donors (Lipinski definition) is 0. The SMILES string of the molecule is Cn1ccc2cc(C3CC3)cc(F)c2c1=O. The van der Waals surface area contributed by atoms with Gasteiger partial charge in [-0.3, -0.25) is 4.79 Å². The summed E-state index contributed by atoms with van der Waals surface area (Å²) in [5.74, 6) is 0.114. The minimum absolute atomic E-state index is 0.203. The van der Waals surface area contributed by atoms with Crippen molar-refractivity contribution in [2.45, 2.75) is 18.8 Å². The number of rotatable bonds is 1. The van der Waals surface area contributed by atoms with Gasteiger partial charge >= 0.3 is 0 Å². The molecule has 0 radical (unpaired) electrons. The lowest BCUT2D eigenvalue weighted by molar-refractivity contribution is 0.635. The number of halogens is 1. The monoisotopic (exact) mass is 217 g/mol. The van der Waals surface area contributed by atoms with Gasteiger partial charge in [-0.25, -0.2) is 4.39 Å². The van der Waals surface area contributed by atoms with E-state index in [9.17, 15) is 9.18 Å². The van der Waals surface area contributed by atoms with E-state index in [1.807, 2.05) is 6.07 Å². The highest BCUT2D eigenvalue weighted by Crippen LogP contribution is 2.41. The molecule has 3 rings (SSSR count). The molecule has 2 nitrogen and oxygen atoms in total. The van der Waals surface area contributed by atoms with E-state index in [2.05, 4.69) is 0 Å². The Morgan fingerprint density at radius 1 is 1.38 bits per heavy atom. The molecule has 0 N–H and O–H groups in total. The second kappa shape index (κ2) is 3.17. The van der Waals surface area contributed by atoms with Gasteiger partial charge in [-0.1, -0.05) is 6.07 Å². The van der Waals surface area contributed by atoms with Gasteiger partial charge < -0.3 is 4.57 Å². The number of nitrogens with zero attached hydrogens (tertiary/aromatic N) is 1. The number of aryl methyl sites for hydroxylation is 1. The molecule has 2 aromatic rings. The van der Waals surface area contributed by atoms with E-state index in [1.54, 1.807) is 19.3 Å². The highest BCUT2D eigenvalue weighted by atomic mass is 19.1. The molecule has 1 aliphatic carbocycles. The molecule has 16 heavy (non-hydrogen) atoms. The maximum Gasteiger partial charge on any atom is 0.261 e. The van der Waals surface area contributed by atoms with E-state index in [0.717, 1.165) is 18.4 Å². The molecule has 3 heteroatoms. The van der Waals surface area contributed by atoms with Gasteiger partial charge in [0, 0.05) is 13.2 Å². The maximum absolute atomic E-state index is 13.9. The predicted octanol–water partition coefficient (Wildman–Crippen LogP) is 2.56. The van der Waals surface area contributed by atoms with Gasteiger partial charge in [0.15, 0.2) is 0 Å². The molecule has 0 bridgehead atoms. The molecular weight excluding hydrogens is 205 g/mol. The Morgan fingerprint density at radius 3 is 2.81 bits per heavy atom. The fraction of sp³-hybridized carbons (Fsp3) is 0.308. The van der Waals surface area contributed by atoms with Crippen molar-refractivity contribution < 1.29 is 4.39 Å².